The van der Waals surface area contributed by atoms with Crippen LogP contribution in [-0.4, -0.2) is 42.7 Å². The van der Waals surface area contributed by atoms with Gasteiger partial charge in [0.15, 0.2) is 0 Å². The van der Waals surface area contributed by atoms with Crippen LogP contribution >= 0.6 is 0 Å². The molecule has 1 aromatic heterocycles. The van der Waals surface area contributed by atoms with Crippen LogP contribution in [-0.2, 0) is 0 Å². The minimum atomic E-state index is 0.479. The molecule has 0 saturated carbocycles. The molecule has 1 aromatic rings. The first-order valence-electron chi connectivity index (χ1n) is 7.15. The van der Waals surface area contributed by atoms with E-state index in [9.17, 15) is 0 Å². The van der Waals surface area contributed by atoms with Gasteiger partial charge >= 0.3 is 0 Å². The van der Waals surface area contributed by atoms with E-state index in [0.29, 0.717) is 12.0 Å². The van der Waals surface area contributed by atoms with Crippen molar-refractivity contribution < 1.29 is 0 Å². The van der Waals surface area contributed by atoms with E-state index in [2.05, 4.69) is 46.4 Å². The smallest absolute Gasteiger partial charge is 0.133 e. The Morgan fingerprint density at radius 1 is 1.47 bits per heavy atom. The van der Waals surface area contributed by atoms with Gasteiger partial charge in [-0.1, -0.05) is 13.8 Å². The lowest BCUT2D eigenvalue weighted by molar-refractivity contribution is 0.479. The molecule has 2 N–H and O–H groups in total. The molecule has 1 saturated heterocycles. The number of piperidine rings is 1. The maximum atomic E-state index is 4.34. The number of anilines is 2. The number of hydrogen-bond donors (Lipinski definition) is 2. The average Bonchev–Trinajstić information content (AvgIpc) is 2.39. The molecule has 2 heterocycles. The fraction of sp³-hybridized carbons (Fsp3) is 0.714. The first-order valence-corrected chi connectivity index (χ1v) is 7.15. The van der Waals surface area contributed by atoms with E-state index < -0.39 is 0 Å². The summed E-state index contributed by atoms with van der Waals surface area (Å²) in [5.74, 6) is 2.53. The third kappa shape index (κ3) is 4.35. The molecular formula is C14H25N5. The maximum absolute atomic E-state index is 4.34. The molecular weight excluding hydrogens is 238 g/mol. The first-order chi connectivity index (χ1) is 9.15. The summed E-state index contributed by atoms with van der Waals surface area (Å²) in [6.07, 6.45) is 4.07. The molecule has 2 rings (SSSR count). The molecule has 1 atom stereocenters. The lowest BCUT2D eigenvalue weighted by Crippen LogP contribution is -2.38. The largest absolute Gasteiger partial charge is 0.366 e. The van der Waals surface area contributed by atoms with Gasteiger partial charge in [0.25, 0.3) is 0 Å². The highest BCUT2D eigenvalue weighted by Gasteiger charge is 2.13. The molecule has 106 valence electrons. The monoisotopic (exact) mass is 263 g/mol. The van der Waals surface area contributed by atoms with Crippen LogP contribution in [0.1, 0.15) is 26.7 Å². The zero-order valence-electron chi connectivity index (χ0n) is 12.2. The van der Waals surface area contributed by atoms with Crippen LogP contribution in [0.3, 0.4) is 0 Å². The molecule has 0 aromatic carbocycles. The van der Waals surface area contributed by atoms with E-state index in [1.807, 2.05) is 6.07 Å². The van der Waals surface area contributed by atoms with Crippen LogP contribution in [0.4, 0.5) is 11.6 Å². The van der Waals surface area contributed by atoms with E-state index in [1.165, 1.54) is 12.8 Å². The lowest BCUT2D eigenvalue weighted by atomic mass is 10.1. The third-order valence-corrected chi connectivity index (χ3v) is 3.33. The van der Waals surface area contributed by atoms with Crippen LogP contribution in [0.5, 0.6) is 0 Å². The van der Waals surface area contributed by atoms with Crippen LogP contribution in [0.15, 0.2) is 12.4 Å². The van der Waals surface area contributed by atoms with Gasteiger partial charge in [-0.3, -0.25) is 0 Å². The summed E-state index contributed by atoms with van der Waals surface area (Å²) in [4.78, 5) is 10.8. The lowest BCUT2D eigenvalue weighted by Gasteiger charge is -2.25. The van der Waals surface area contributed by atoms with Gasteiger partial charge in [-0.05, 0) is 25.3 Å². The molecule has 0 aliphatic carbocycles. The standard InChI is InChI=1S/C14H25N5/c1-11(2)9-19(3)14-7-13(16-10-17-14)18-12-5-4-6-15-8-12/h7,10-12,15H,4-6,8-9H2,1-3H3,(H,16,17,18). The molecule has 0 amide bonds. The van der Waals surface area contributed by atoms with Gasteiger partial charge in [0.1, 0.15) is 18.0 Å². The van der Waals surface area contributed by atoms with E-state index >= 15 is 0 Å². The molecule has 0 spiro atoms. The summed E-state index contributed by atoms with van der Waals surface area (Å²) in [6.45, 7) is 7.57. The van der Waals surface area contributed by atoms with Gasteiger partial charge in [0.05, 0.1) is 0 Å². The Hall–Kier alpha value is -1.36. The van der Waals surface area contributed by atoms with Crippen molar-refractivity contribution in [3.8, 4) is 0 Å². The molecule has 19 heavy (non-hydrogen) atoms. The van der Waals surface area contributed by atoms with Gasteiger partial charge in [0, 0.05) is 32.2 Å². The number of nitrogens with zero attached hydrogens (tertiary/aromatic N) is 3. The van der Waals surface area contributed by atoms with Crippen LogP contribution < -0.4 is 15.5 Å². The Morgan fingerprint density at radius 3 is 3.00 bits per heavy atom. The van der Waals surface area contributed by atoms with E-state index in [1.54, 1.807) is 6.33 Å². The zero-order valence-corrected chi connectivity index (χ0v) is 12.2. The first kappa shape index (κ1) is 14.1. The number of hydrogen-bond acceptors (Lipinski definition) is 5. The van der Waals surface area contributed by atoms with Crippen molar-refractivity contribution in [1.82, 2.24) is 15.3 Å². The van der Waals surface area contributed by atoms with Crippen molar-refractivity contribution in [2.45, 2.75) is 32.7 Å². The number of rotatable bonds is 5. The van der Waals surface area contributed by atoms with Gasteiger partial charge < -0.3 is 15.5 Å². The van der Waals surface area contributed by atoms with E-state index in [0.717, 1.165) is 31.3 Å². The molecule has 1 aliphatic rings. The van der Waals surface area contributed by atoms with Crippen molar-refractivity contribution in [1.29, 1.82) is 0 Å². The summed E-state index contributed by atoms with van der Waals surface area (Å²) in [6, 6.07) is 2.52. The fourth-order valence-electron chi connectivity index (χ4n) is 2.46. The van der Waals surface area contributed by atoms with Gasteiger partial charge in [0.2, 0.25) is 0 Å². The molecule has 5 heteroatoms. The predicted octanol–water partition coefficient (Wildman–Crippen LogP) is 1.73. The van der Waals surface area contributed by atoms with Gasteiger partial charge in [-0.25, -0.2) is 9.97 Å². The topological polar surface area (TPSA) is 53.1 Å². The second-order valence-electron chi connectivity index (χ2n) is 5.72. The molecule has 0 bridgehead atoms. The minimum absolute atomic E-state index is 0.479. The number of aromatic nitrogens is 2. The summed E-state index contributed by atoms with van der Waals surface area (Å²) in [7, 11) is 2.08. The second kappa shape index (κ2) is 6.70. The maximum Gasteiger partial charge on any atom is 0.133 e. The van der Waals surface area contributed by atoms with Crippen molar-refractivity contribution >= 4 is 11.6 Å². The van der Waals surface area contributed by atoms with E-state index in [-0.39, 0.29) is 0 Å². The fourth-order valence-corrected chi connectivity index (χ4v) is 2.46. The van der Waals surface area contributed by atoms with Gasteiger partial charge in [-0.2, -0.15) is 0 Å². The van der Waals surface area contributed by atoms with Crippen molar-refractivity contribution in [2.75, 3.05) is 36.9 Å². The predicted molar refractivity (Wildman–Crippen MR) is 79.7 cm³/mol. The molecule has 1 unspecified atom stereocenters. The summed E-state index contributed by atoms with van der Waals surface area (Å²) >= 11 is 0. The number of nitrogens with one attached hydrogen (secondary N) is 2. The van der Waals surface area contributed by atoms with Crippen molar-refractivity contribution in [3.05, 3.63) is 12.4 Å². The van der Waals surface area contributed by atoms with E-state index in [4.69, 9.17) is 0 Å². The Balaban J connectivity index is 1.97. The Bertz CT molecular complexity index is 387. The third-order valence-electron chi connectivity index (χ3n) is 3.33. The Kier molecular flexibility index (Phi) is 4.96. The Morgan fingerprint density at radius 2 is 2.32 bits per heavy atom. The summed E-state index contributed by atoms with van der Waals surface area (Å²) in [5.41, 5.74) is 0. The van der Waals surface area contributed by atoms with Crippen molar-refractivity contribution in [3.63, 3.8) is 0 Å². The average molecular weight is 263 g/mol. The van der Waals surface area contributed by atoms with Crippen LogP contribution in [0, 0.1) is 5.92 Å². The Labute approximate surface area is 115 Å². The molecule has 1 fully saturated rings. The highest BCUT2D eigenvalue weighted by molar-refractivity contribution is 5.48. The van der Waals surface area contributed by atoms with Crippen molar-refractivity contribution in [2.24, 2.45) is 5.92 Å². The summed E-state index contributed by atoms with van der Waals surface area (Å²) < 4.78 is 0. The van der Waals surface area contributed by atoms with Gasteiger partial charge in [-0.15, -0.1) is 0 Å². The molecule has 5 nitrogen and oxygen atoms in total. The summed E-state index contributed by atoms with van der Waals surface area (Å²) in [5, 5.41) is 6.89. The zero-order chi connectivity index (χ0) is 13.7. The quantitative estimate of drug-likeness (QED) is 0.847. The minimum Gasteiger partial charge on any atom is -0.366 e. The van der Waals surface area contributed by atoms with Crippen LogP contribution in [0.2, 0.25) is 0 Å². The molecule has 0 radical (unpaired) electrons. The van der Waals surface area contributed by atoms with Crippen LogP contribution in [0.25, 0.3) is 0 Å². The highest BCUT2D eigenvalue weighted by Crippen LogP contribution is 2.16. The molecule has 1 aliphatic heterocycles. The normalized spacial score (nSPS) is 19.5. The highest BCUT2D eigenvalue weighted by atomic mass is 15.2. The SMILES string of the molecule is CC(C)CN(C)c1cc(NC2CCCNC2)ncn1. The second-order valence-corrected chi connectivity index (χ2v) is 5.72.